The molecule has 116 valence electrons. The van der Waals surface area contributed by atoms with Crippen LogP contribution in [0.1, 0.15) is 16.9 Å². The van der Waals surface area contributed by atoms with Crippen molar-refractivity contribution in [3.05, 3.63) is 45.4 Å². The van der Waals surface area contributed by atoms with Crippen molar-refractivity contribution in [1.82, 2.24) is 4.98 Å². The van der Waals surface area contributed by atoms with Gasteiger partial charge >= 0.3 is 5.97 Å². The lowest BCUT2D eigenvalue weighted by molar-refractivity contribution is -0.150. The van der Waals surface area contributed by atoms with Crippen LogP contribution >= 0.6 is 22.9 Å². The highest BCUT2D eigenvalue weighted by Gasteiger charge is 2.27. The number of fused-ring (bicyclic) bond motifs is 1. The molecule has 0 N–H and O–H groups in total. The van der Waals surface area contributed by atoms with Gasteiger partial charge in [-0.25, -0.2) is 0 Å². The first-order valence-electron chi connectivity index (χ1n) is 7.17. The Kier molecular flexibility index (Phi) is 4.95. The normalized spacial score (nSPS) is 16.7. The van der Waals surface area contributed by atoms with Gasteiger partial charge in [0.15, 0.2) is 0 Å². The van der Waals surface area contributed by atoms with Crippen molar-refractivity contribution in [2.24, 2.45) is 5.92 Å². The summed E-state index contributed by atoms with van der Waals surface area (Å²) in [4.78, 5) is 17.3. The van der Waals surface area contributed by atoms with Crippen molar-refractivity contribution >= 4 is 28.9 Å². The SMILES string of the molecule is O=C(OCCCc1cncs1)C1COc2ccc(Cl)cc2C1. The Bertz CT molecular complexity index is 645. The van der Waals surface area contributed by atoms with Gasteiger partial charge in [0.1, 0.15) is 12.4 Å². The molecule has 0 bridgehead atoms. The van der Waals surface area contributed by atoms with Crippen molar-refractivity contribution in [3.63, 3.8) is 0 Å². The third-order valence-corrected chi connectivity index (χ3v) is 4.63. The first kappa shape index (κ1) is 15.3. The number of carbonyl (C=O) groups excluding carboxylic acids is 1. The predicted molar refractivity (Wildman–Crippen MR) is 85.5 cm³/mol. The van der Waals surface area contributed by atoms with Crippen LogP contribution in [0.25, 0.3) is 0 Å². The molecule has 0 saturated heterocycles. The van der Waals surface area contributed by atoms with Gasteiger partial charge in [0.2, 0.25) is 0 Å². The quantitative estimate of drug-likeness (QED) is 0.618. The number of esters is 1. The second-order valence-corrected chi connectivity index (χ2v) is 6.61. The van der Waals surface area contributed by atoms with Crippen molar-refractivity contribution in [1.29, 1.82) is 0 Å². The van der Waals surface area contributed by atoms with E-state index in [2.05, 4.69) is 4.98 Å². The number of nitrogens with zero attached hydrogens (tertiary/aromatic N) is 1. The van der Waals surface area contributed by atoms with Crippen LogP contribution in [-0.4, -0.2) is 24.2 Å². The van der Waals surface area contributed by atoms with Crippen LogP contribution in [0.5, 0.6) is 5.75 Å². The third-order valence-electron chi connectivity index (χ3n) is 3.56. The van der Waals surface area contributed by atoms with Gasteiger partial charge in [-0.2, -0.15) is 0 Å². The fourth-order valence-corrected chi connectivity index (χ4v) is 3.25. The number of hydrogen-bond acceptors (Lipinski definition) is 5. The van der Waals surface area contributed by atoms with E-state index in [1.165, 1.54) is 4.88 Å². The summed E-state index contributed by atoms with van der Waals surface area (Å²) in [7, 11) is 0. The van der Waals surface area contributed by atoms with Gasteiger partial charge in [-0.15, -0.1) is 11.3 Å². The van der Waals surface area contributed by atoms with Gasteiger partial charge in [0.25, 0.3) is 0 Å². The Labute approximate surface area is 138 Å². The Morgan fingerprint density at radius 1 is 1.50 bits per heavy atom. The molecule has 22 heavy (non-hydrogen) atoms. The largest absolute Gasteiger partial charge is 0.492 e. The Balaban J connectivity index is 1.47. The van der Waals surface area contributed by atoms with E-state index in [4.69, 9.17) is 21.1 Å². The molecule has 0 saturated carbocycles. The van der Waals surface area contributed by atoms with E-state index in [1.807, 2.05) is 23.8 Å². The molecule has 1 unspecified atom stereocenters. The molecule has 0 spiro atoms. The molecule has 3 rings (SSSR count). The molecular formula is C16H16ClNO3S. The minimum atomic E-state index is -0.255. The fraction of sp³-hybridized carbons (Fsp3) is 0.375. The first-order valence-corrected chi connectivity index (χ1v) is 8.43. The summed E-state index contributed by atoms with van der Waals surface area (Å²) in [6, 6.07) is 5.48. The van der Waals surface area contributed by atoms with Crippen LogP contribution in [0.2, 0.25) is 5.02 Å². The van der Waals surface area contributed by atoms with Gasteiger partial charge < -0.3 is 9.47 Å². The fourth-order valence-electron chi connectivity index (χ4n) is 2.42. The molecule has 0 fully saturated rings. The molecule has 0 aliphatic carbocycles. The maximum absolute atomic E-state index is 12.1. The minimum Gasteiger partial charge on any atom is -0.492 e. The van der Waals surface area contributed by atoms with Crippen LogP contribution in [0.15, 0.2) is 29.9 Å². The summed E-state index contributed by atoms with van der Waals surface area (Å²) < 4.78 is 11.0. The van der Waals surface area contributed by atoms with E-state index in [9.17, 15) is 4.79 Å². The molecule has 1 atom stereocenters. The molecule has 1 aromatic heterocycles. The Morgan fingerprint density at radius 3 is 3.23 bits per heavy atom. The summed E-state index contributed by atoms with van der Waals surface area (Å²) in [5, 5.41) is 0.654. The van der Waals surface area contributed by atoms with Gasteiger partial charge in [-0.3, -0.25) is 9.78 Å². The summed E-state index contributed by atoms with van der Waals surface area (Å²) >= 11 is 7.60. The second kappa shape index (κ2) is 7.11. The molecule has 6 heteroatoms. The standard InChI is InChI=1S/C16H16ClNO3S/c17-13-3-4-15-11(7-13)6-12(9-21-15)16(19)20-5-1-2-14-8-18-10-22-14/h3-4,7-8,10,12H,1-2,5-6,9H2. The van der Waals surface area contributed by atoms with Crippen LogP contribution in [0.4, 0.5) is 0 Å². The number of aryl methyl sites for hydroxylation is 1. The molecule has 2 aromatic rings. The molecule has 4 nitrogen and oxygen atoms in total. The van der Waals surface area contributed by atoms with Crippen molar-refractivity contribution in [2.45, 2.75) is 19.3 Å². The van der Waals surface area contributed by atoms with E-state index < -0.39 is 0 Å². The van der Waals surface area contributed by atoms with Gasteiger partial charge in [-0.05, 0) is 43.0 Å². The van der Waals surface area contributed by atoms with Crippen molar-refractivity contribution in [3.8, 4) is 5.75 Å². The predicted octanol–water partition coefficient (Wildman–Crippen LogP) is 3.52. The molecule has 1 aromatic carbocycles. The smallest absolute Gasteiger partial charge is 0.312 e. The number of hydrogen-bond donors (Lipinski definition) is 0. The van der Waals surface area contributed by atoms with E-state index in [1.54, 1.807) is 17.4 Å². The summed E-state index contributed by atoms with van der Waals surface area (Å²) in [5.41, 5.74) is 2.77. The lowest BCUT2D eigenvalue weighted by Crippen LogP contribution is -2.30. The topological polar surface area (TPSA) is 48.4 Å². The molecule has 1 aliphatic rings. The van der Waals surface area contributed by atoms with Crippen LogP contribution in [0.3, 0.4) is 0 Å². The van der Waals surface area contributed by atoms with Gasteiger partial charge in [0.05, 0.1) is 18.0 Å². The summed E-state index contributed by atoms with van der Waals surface area (Å²) in [6.45, 7) is 0.790. The molecular weight excluding hydrogens is 322 g/mol. The van der Waals surface area contributed by atoms with E-state index in [0.717, 1.165) is 24.2 Å². The number of benzene rings is 1. The first-order chi connectivity index (χ1) is 10.7. The number of ether oxygens (including phenoxy) is 2. The third kappa shape index (κ3) is 3.78. The lowest BCUT2D eigenvalue weighted by Gasteiger charge is -2.24. The maximum atomic E-state index is 12.1. The zero-order chi connectivity index (χ0) is 15.4. The van der Waals surface area contributed by atoms with Crippen LogP contribution in [-0.2, 0) is 22.4 Å². The molecule has 1 aliphatic heterocycles. The minimum absolute atomic E-state index is 0.199. The molecule has 0 amide bonds. The summed E-state index contributed by atoms with van der Waals surface area (Å²) in [6.07, 6.45) is 4.16. The highest BCUT2D eigenvalue weighted by atomic mass is 35.5. The number of aromatic nitrogens is 1. The van der Waals surface area contributed by atoms with Crippen molar-refractivity contribution < 1.29 is 14.3 Å². The number of carbonyl (C=O) groups is 1. The van der Waals surface area contributed by atoms with Gasteiger partial charge in [0, 0.05) is 16.1 Å². The van der Waals surface area contributed by atoms with E-state index in [-0.39, 0.29) is 11.9 Å². The molecule has 2 heterocycles. The molecule has 0 radical (unpaired) electrons. The zero-order valence-electron chi connectivity index (χ0n) is 12.0. The second-order valence-electron chi connectivity index (χ2n) is 5.20. The van der Waals surface area contributed by atoms with Crippen LogP contribution in [0, 0.1) is 5.92 Å². The number of thiazole rings is 1. The number of rotatable bonds is 5. The number of halogens is 1. The van der Waals surface area contributed by atoms with Gasteiger partial charge in [-0.1, -0.05) is 11.6 Å². The van der Waals surface area contributed by atoms with Crippen LogP contribution < -0.4 is 4.74 Å². The van der Waals surface area contributed by atoms with Crippen molar-refractivity contribution in [2.75, 3.05) is 13.2 Å². The van der Waals surface area contributed by atoms with E-state index >= 15 is 0 Å². The maximum Gasteiger partial charge on any atom is 0.312 e. The highest BCUT2D eigenvalue weighted by Crippen LogP contribution is 2.30. The van der Waals surface area contributed by atoms with E-state index in [0.29, 0.717) is 24.7 Å². The average molecular weight is 338 g/mol. The Morgan fingerprint density at radius 2 is 2.41 bits per heavy atom. The Hall–Kier alpha value is -1.59. The lowest BCUT2D eigenvalue weighted by atomic mass is 9.97. The monoisotopic (exact) mass is 337 g/mol. The summed E-state index contributed by atoms with van der Waals surface area (Å²) in [5.74, 6) is 0.350. The highest BCUT2D eigenvalue weighted by molar-refractivity contribution is 7.09. The average Bonchev–Trinajstić information content (AvgIpc) is 3.04. The zero-order valence-corrected chi connectivity index (χ0v) is 13.5.